The summed E-state index contributed by atoms with van der Waals surface area (Å²) < 4.78 is 0. The minimum atomic E-state index is -0.355. The van der Waals surface area contributed by atoms with Gasteiger partial charge in [-0.25, -0.2) is 9.80 Å². The van der Waals surface area contributed by atoms with E-state index in [-0.39, 0.29) is 23.6 Å². The standard InChI is InChI=1S/C124H158N2O4S6/c1-9-17-25-33-37-39-43-47-55-87(53-45-41-35-27-19-11-3)81-97-69-79-107(131-97)117-93(59-51-31-23-15-7)85-111(135-117)119-91(57-49-29-21-13-5)83-109(133-119)89-61-65-95(66-62-89)125-121(127)103-75-71-99-101-73-77-105-116-106(78-74-102(114(101)116)100-72-76-104(122(125)128)115(103)113(99)100)124(130)126(123(105)129)96-67-63-90(64-68-96)110-84-92(58-50-30-22-14-6)120(134-110)112-86-94(60-52-32-24-16-8)118(136-112)108-80-70-98(132-108)82-88(54-46-42-36-28-20-12-4)56-48-44-40-38-34-26-18-10-2/h61-80,83-88H,9-60,81-82H2,1-8H3. The number of thiophene rings is 6. The van der Waals surface area contributed by atoms with Gasteiger partial charge in [0.25, 0.3) is 23.6 Å². The van der Waals surface area contributed by atoms with E-state index in [1.807, 2.05) is 118 Å². The van der Waals surface area contributed by atoms with E-state index in [4.69, 9.17) is 0 Å². The molecule has 0 spiro atoms. The fourth-order valence-corrected chi connectivity index (χ4v) is 29.8. The van der Waals surface area contributed by atoms with Crippen molar-refractivity contribution in [3.05, 3.63) is 200 Å². The number of anilines is 2. The van der Waals surface area contributed by atoms with Gasteiger partial charge in [0, 0.05) is 91.6 Å². The zero-order valence-corrected chi connectivity index (χ0v) is 89.1. The van der Waals surface area contributed by atoms with Gasteiger partial charge in [0.1, 0.15) is 0 Å². The van der Waals surface area contributed by atoms with E-state index in [2.05, 4.69) is 151 Å². The van der Waals surface area contributed by atoms with Crippen molar-refractivity contribution < 1.29 is 19.2 Å². The lowest BCUT2D eigenvalue weighted by atomic mass is 9.82. The van der Waals surface area contributed by atoms with Gasteiger partial charge in [-0.15, -0.1) is 68.0 Å². The lowest BCUT2D eigenvalue weighted by molar-refractivity contribution is 0.0877. The summed E-state index contributed by atoms with van der Waals surface area (Å²) in [5.74, 6) is 0.0903. The van der Waals surface area contributed by atoms with Crippen molar-refractivity contribution in [2.45, 2.75) is 402 Å². The lowest BCUT2D eigenvalue weighted by Gasteiger charge is -2.30. The zero-order valence-electron chi connectivity index (χ0n) is 84.2. The number of unbranched alkanes of at least 4 members (excludes halogenated alkanes) is 36. The van der Waals surface area contributed by atoms with E-state index in [9.17, 15) is 0 Å². The average molecular weight is 1930 g/mol. The molecule has 2 aliphatic heterocycles. The van der Waals surface area contributed by atoms with E-state index in [0.29, 0.717) is 44.4 Å². The Morgan fingerprint density at radius 1 is 0.221 bits per heavy atom. The first-order valence-corrected chi connectivity index (χ1v) is 59.7. The highest BCUT2D eigenvalue weighted by atomic mass is 32.1. The van der Waals surface area contributed by atoms with Crippen molar-refractivity contribution in [1.29, 1.82) is 0 Å². The number of hydrogen-bond acceptors (Lipinski definition) is 10. The number of amides is 4. The van der Waals surface area contributed by atoms with Crippen molar-refractivity contribution >= 4 is 146 Å². The summed E-state index contributed by atoms with van der Waals surface area (Å²) in [6.07, 6.45) is 69.9. The number of carbonyl (C=O) groups is 4. The quantitative estimate of drug-likeness (QED) is 0.0165. The van der Waals surface area contributed by atoms with Gasteiger partial charge >= 0.3 is 0 Å². The highest BCUT2D eigenvalue weighted by molar-refractivity contribution is 7.28. The molecule has 8 heterocycles. The minimum Gasteiger partial charge on any atom is -0.268 e. The van der Waals surface area contributed by atoms with Crippen LogP contribution in [0.2, 0.25) is 0 Å². The van der Waals surface area contributed by atoms with Crippen molar-refractivity contribution in [1.82, 2.24) is 0 Å². The summed E-state index contributed by atoms with van der Waals surface area (Å²) in [5.41, 5.74) is 11.0. The molecule has 7 aromatic carbocycles. The van der Waals surface area contributed by atoms with Crippen LogP contribution in [-0.4, -0.2) is 23.6 Å². The van der Waals surface area contributed by atoms with Gasteiger partial charge in [0.2, 0.25) is 0 Å². The molecule has 2 aliphatic rings. The van der Waals surface area contributed by atoms with Crippen LogP contribution in [0.25, 0.3) is 103 Å². The smallest absolute Gasteiger partial charge is 0.265 e. The first-order chi connectivity index (χ1) is 66.9. The summed E-state index contributed by atoms with van der Waals surface area (Å²) in [6.45, 7) is 18.5. The molecule has 724 valence electrons. The van der Waals surface area contributed by atoms with Crippen molar-refractivity contribution in [3.8, 4) is 59.9 Å². The van der Waals surface area contributed by atoms with Crippen LogP contribution in [0.15, 0.2) is 146 Å². The van der Waals surface area contributed by atoms with Crippen molar-refractivity contribution in [2.24, 2.45) is 11.8 Å². The zero-order chi connectivity index (χ0) is 94.5. The predicted molar refractivity (Wildman–Crippen MR) is 599 cm³/mol. The molecule has 15 rings (SSSR count). The second-order valence-corrected chi connectivity index (χ2v) is 47.1. The van der Waals surface area contributed by atoms with Crippen LogP contribution in [0.4, 0.5) is 11.4 Å². The molecule has 4 amide bonds. The van der Waals surface area contributed by atoms with Gasteiger partial charge < -0.3 is 0 Å². The van der Waals surface area contributed by atoms with Crippen molar-refractivity contribution in [3.63, 3.8) is 0 Å². The van der Waals surface area contributed by atoms with Gasteiger partial charge in [0.15, 0.2) is 0 Å². The Balaban J connectivity index is 0.658. The summed E-state index contributed by atoms with van der Waals surface area (Å²) in [7, 11) is 0. The van der Waals surface area contributed by atoms with Gasteiger partial charge in [-0.1, -0.05) is 386 Å². The fourth-order valence-electron chi connectivity index (χ4n) is 22.1. The Morgan fingerprint density at radius 2 is 0.456 bits per heavy atom. The molecule has 0 aliphatic carbocycles. The van der Waals surface area contributed by atoms with Gasteiger partial charge in [-0.3, -0.25) is 19.2 Å². The largest absolute Gasteiger partial charge is 0.268 e. The fraction of sp³-hybridized carbons (Fsp3) is 0.516. The Hall–Kier alpha value is -7.68. The SMILES string of the molecule is CCCCCCCCCCC(CCCCCCCC)Cc1ccc(-c2sc(-c3sc(-c4ccc(N5C(=O)c6ccc7c8ccc9c%10c(ccc(c%11ccc(c6c7%11)C5=O)c%108)C(=O)N(c5ccc(-c6cc(CCCCCC)c(-c7cc(CCCCCC)c(-c8ccc(CC(CCCCCCCC)CCCCCCCCCC)s8)s7)s6)cc5)C9=O)cc4)cc3CCCCCC)cc2CCCCCC)s1. The third-order valence-electron chi connectivity index (χ3n) is 30.0. The minimum absolute atomic E-state index is 0.355. The van der Waals surface area contributed by atoms with Gasteiger partial charge in [-0.05, 0) is 239 Å². The first-order valence-electron chi connectivity index (χ1n) is 54.8. The molecule has 0 radical (unpaired) electrons. The summed E-state index contributed by atoms with van der Waals surface area (Å²) >= 11 is 12.0. The number of fused-ring (bicyclic) bond motifs is 2. The topological polar surface area (TPSA) is 74.8 Å². The number of aryl methyl sites for hydroxylation is 4. The molecule has 0 N–H and O–H groups in total. The molecule has 2 unspecified atom stereocenters. The maximum atomic E-state index is 15.3. The molecule has 0 fully saturated rings. The Kier molecular flexibility index (Phi) is 39.8. The molecule has 13 aromatic rings. The lowest BCUT2D eigenvalue weighted by Crippen LogP contribution is -2.40. The number of hydrogen-bond donors (Lipinski definition) is 0. The number of rotatable bonds is 64. The Bertz CT molecular complexity index is 5490. The normalized spacial score (nSPS) is 13.4. The number of imide groups is 2. The average Bonchev–Trinajstić information content (AvgIpc) is 0.980. The Labute approximate surface area is 841 Å². The molecule has 0 saturated heterocycles. The highest BCUT2D eigenvalue weighted by Crippen LogP contribution is 2.53. The van der Waals surface area contributed by atoms with Crippen LogP contribution in [0.5, 0.6) is 0 Å². The van der Waals surface area contributed by atoms with Crippen LogP contribution in [0.3, 0.4) is 0 Å². The van der Waals surface area contributed by atoms with E-state index >= 15 is 19.2 Å². The third kappa shape index (κ3) is 25.6. The molecular formula is C124H158N2O4S6. The summed E-state index contributed by atoms with van der Waals surface area (Å²) in [5, 5.41) is 6.43. The second-order valence-electron chi connectivity index (χ2n) is 40.5. The monoisotopic (exact) mass is 1930 g/mol. The maximum absolute atomic E-state index is 15.3. The summed E-state index contributed by atoms with van der Waals surface area (Å²) in [4.78, 5) is 80.9. The van der Waals surface area contributed by atoms with Gasteiger partial charge in [-0.2, -0.15) is 0 Å². The number of benzene rings is 7. The molecule has 0 saturated carbocycles. The molecule has 0 bridgehead atoms. The highest BCUT2D eigenvalue weighted by Gasteiger charge is 2.39. The van der Waals surface area contributed by atoms with Crippen LogP contribution >= 0.6 is 68.0 Å². The molecule has 136 heavy (non-hydrogen) atoms. The van der Waals surface area contributed by atoms with Crippen LogP contribution in [0, 0.1) is 11.8 Å². The molecule has 2 atom stereocenters. The van der Waals surface area contributed by atoms with Crippen LogP contribution in [0.1, 0.15) is 437 Å². The number of nitrogens with zero attached hydrogens (tertiary/aromatic N) is 2. The molecule has 6 aromatic heterocycles. The van der Waals surface area contributed by atoms with E-state index in [1.165, 1.54) is 389 Å². The van der Waals surface area contributed by atoms with Gasteiger partial charge in [0.05, 0.1) is 11.4 Å². The van der Waals surface area contributed by atoms with Crippen LogP contribution in [-0.2, 0) is 38.5 Å². The molecule has 12 heteroatoms. The molecular weight excluding hydrogens is 1770 g/mol. The second kappa shape index (κ2) is 52.7. The van der Waals surface area contributed by atoms with E-state index in [1.54, 1.807) is 9.75 Å². The predicted octanol–water partition coefficient (Wildman–Crippen LogP) is 41.1. The number of carbonyl (C=O) groups excluding carboxylic acids is 4. The Morgan fingerprint density at radius 3 is 0.728 bits per heavy atom. The first kappa shape index (κ1) is 103. The van der Waals surface area contributed by atoms with E-state index < -0.39 is 0 Å². The molecule has 6 nitrogen and oxygen atoms in total. The van der Waals surface area contributed by atoms with Crippen LogP contribution < -0.4 is 9.80 Å². The maximum Gasteiger partial charge on any atom is 0.265 e. The summed E-state index contributed by atoms with van der Waals surface area (Å²) in [6, 6.07) is 51.8. The van der Waals surface area contributed by atoms with E-state index in [0.717, 1.165) is 93.8 Å². The third-order valence-corrected chi connectivity index (χ3v) is 37.7. The van der Waals surface area contributed by atoms with Crippen molar-refractivity contribution in [2.75, 3.05) is 9.80 Å².